The Balaban J connectivity index is 2.04. The molecule has 0 unspecified atom stereocenters. The van der Waals surface area contributed by atoms with Gasteiger partial charge in [0.05, 0.1) is 17.1 Å². The molecule has 0 spiro atoms. The van der Waals surface area contributed by atoms with Gasteiger partial charge in [-0.3, -0.25) is 14.2 Å². The number of nitrogens with zero attached hydrogens (tertiary/aromatic N) is 2. The molecule has 2 N–H and O–H groups in total. The minimum atomic E-state index is -3.38. The Kier molecular flexibility index (Phi) is 3.55. The van der Waals surface area contributed by atoms with E-state index in [1.807, 2.05) is 0 Å². The van der Waals surface area contributed by atoms with Crippen molar-refractivity contribution in [2.24, 2.45) is 0 Å². The summed E-state index contributed by atoms with van der Waals surface area (Å²) >= 11 is 0. The molecule has 0 bridgehead atoms. The second-order valence-electron chi connectivity index (χ2n) is 4.37. The standard InChI is InChI=1S/C10H15N3O4S/c14-10(15)7-13-6-8(5-11-13)12-18(16,17)9-3-1-2-4-9/h5-6,9,12H,1-4,7H2,(H,14,15). The molecule has 1 aliphatic rings. The normalized spacial score (nSPS) is 16.9. The fourth-order valence-corrected chi connectivity index (χ4v) is 3.64. The first-order valence-electron chi connectivity index (χ1n) is 5.73. The Morgan fingerprint density at radius 1 is 1.50 bits per heavy atom. The molecule has 0 aromatic carbocycles. The molecule has 1 fully saturated rings. The molecule has 100 valence electrons. The predicted molar refractivity (Wildman–Crippen MR) is 64.7 cm³/mol. The molecular formula is C10H15N3O4S. The van der Waals surface area contributed by atoms with Gasteiger partial charge >= 0.3 is 5.97 Å². The van der Waals surface area contributed by atoms with Crippen molar-refractivity contribution in [1.29, 1.82) is 0 Å². The minimum absolute atomic E-state index is 0.287. The van der Waals surface area contributed by atoms with E-state index in [4.69, 9.17) is 5.11 Å². The molecule has 0 saturated heterocycles. The van der Waals surface area contributed by atoms with Crippen LogP contribution < -0.4 is 4.72 Å². The van der Waals surface area contributed by atoms with E-state index in [2.05, 4.69) is 9.82 Å². The topological polar surface area (TPSA) is 101 Å². The zero-order valence-corrected chi connectivity index (χ0v) is 10.6. The Morgan fingerprint density at radius 2 is 2.17 bits per heavy atom. The SMILES string of the molecule is O=C(O)Cn1cc(NS(=O)(=O)C2CCCC2)cn1. The van der Waals surface area contributed by atoms with Crippen molar-refractivity contribution in [1.82, 2.24) is 9.78 Å². The van der Waals surface area contributed by atoms with Crippen LogP contribution in [-0.4, -0.2) is 34.5 Å². The number of hydrogen-bond donors (Lipinski definition) is 2. The molecule has 1 aromatic rings. The van der Waals surface area contributed by atoms with Crippen LogP contribution in [0.3, 0.4) is 0 Å². The molecule has 1 aliphatic carbocycles. The number of aromatic nitrogens is 2. The molecule has 18 heavy (non-hydrogen) atoms. The molecule has 8 heteroatoms. The van der Waals surface area contributed by atoms with Crippen molar-refractivity contribution in [3.63, 3.8) is 0 Å². The first-order chi connectivity index (χ1) is 8.47. The number of hydrogen-bond acceptors (Lipinski definition) is 4. The zero-order chi connectivity index (χ0) is 13.2. The van der Waals surface area contributed by atoms with Gasteiger partial charge in [-0.05, 0) is 12.8 Å². The number of anilines is 1. The number of sulfonamides is 1. The first kappa shape index (κ1) is 12.9. The third kappa shape index (κ3) is 3.00. The quantitative estimate of drug-likeness (QED) is 0.820. The van der Waals surface area contributed by atoms with Gasteiger partial charge < -0.3 is 5.11 Å². The predicted octanol–water partition coefficient (Wildman–Crippen LogP) is 0.652. The highest BCUT2D eigenvalue weighted by atomic mass is 32.2. The van der Waals surface area contributed by atoms with Crippen LogP contribution in [0.2, 0.25) is 0 Å². The van der Waals surface area contributed by atoms with E-state index in [0.717, 1.165) is 12.8 Å². The van der Waals surface area contributed by atoms with Crippen LogP contribution in [0.25, 0.3) is 0 Å². The van der Waals surface area contributed by atoms with Crippen LogP contribution in [0.1, 0.15) is 25.7 Å². The molecule has 7 nitrogen and oxygen atoms in total. The monoisotopic (exact) mass is 273 g/mol. The van der Waals surface area contributed by atoms with Crippen molar-refractivity contribution < 1.29 is 18.3 Å². The highest BCUT2D eigenvalue weighted by Gasteiger charge is 2.28. The summed E-state index contributed by atoms with van der Waals surface area (Å²) < 4.78 is 27.6. The zero-order valence-electron chi connectivity index (χ0n) is 9.74. The molecule has 1 heterocycles. The van der Waals surface area contributed by atoms with Crippen LogP contribution in [0.5, 0.6) is 0 Å². The largest absolute Gasteiger partial charge is 0.480 e. The van der Waals surface area contributed by atoms with Crippen molar-refractivity contribution in [2.75, 3.05) is 4.72 Å². The summed E-state index contributed by atoms with van der Waals surface area (Å²) in [4.78, 5) is 10.5. The summed E-state index contributed by atoms with van der Waals surface area (Å²) in [6.07, 6.45) is 5.92. The van der Waals surface area contributed by atoms with E-state index in [9.17, 15) is 13.2 Å². The van der Waals surface area contributed by atoms with Crippen LogP contribution in [0.15, 0.2) is 12.4 Å². The van der Waals surface area contributed by atoms with Crippen molar-refractivity contribution in [3.05, 3.63) is 12.4 Å². The van der Waals surface area contributed by atoms with Gasteiger partial charge in [-0.1, -0.05) is 12.8 Å². The summed E-state index contributed by atoms with van der Waals surface area (Å²) in [5, 5.41) is 12.0. The molecule has 0 aliphatic heterocycles. The summed E-state index contributed by atoms with van der Waals surface area (Å²) in [7, 11) is -3.38. The van der Waals surface area contributed by atoms with Crippen LogP contribution in [0.4, 0.5) is 5.69 Å². The summed E-state index contributed by atoms with van der Waals surface area (Å²) in [6.45, 7) is -0.287. The number of carbonyl (C=O) groups is 1. The lowest BCUT2D eigenvalue weighted by Crippen LogP contribution is -2.25. The van der Waals surface area contributed by atoms with E-state index >= 15 is 0 Å². The molecule has 0 atom stereocenters. The van der Waals surface area contributed by atoms with Gasteiger partial charge in [-0.2, -0.15) is 5.10 Å². The molecular weight excluding hydrogens is 258 g/mol. The third-order valence-corrected chi connectivity index (χ3v) is 4.80. The van der Waals surface area contributed by atoms with Crippen LogP contribution >= 0.6 is 0 Å². The maximum atomic E-state index is 12.0. The highest BCUT2D eigenvalue weighted by Crippen LogP contribution is 2.25. The maximum Gasteiger partial charge on any atom is 0.325 e. The average Bonchev–Trinajstić information content (AvgIpc) is 2.87. The van der Waals surface area contributed by atoms with Gasteiger partial charge in [-0.15, -0.1) is 0 Å². The summed E-state index contributed by atoms with van der Waals surface area (Å²) in [5.74, 6) is -1.02. The number of aliphatic carboxylic acids is 1. The average molecular weight is 273 g/mol. The lowest BCUT2D eigenvalue weighted by molar-refractivity contribution is -0.137. The van der Waals surface area contributed by atoms with Gasteiger partial charge in [0.1, 0.15) is 6.54 Å². The Bertz CT molecular complexity index is 531. The number of rotatable bonds is 5. The van der Waals surface area contributed by atoms with Gasteiger partial charge in [0, 0.05) is 6.20 Å². The Morgan fingerprint density at radius 3 is 2.78 bits per heavy atom. The Labute approximate surface area is 105 Å². The molecule has 2 rings (SSSR count). The first-order valence-corrected chi connectivity index (χ1v) is 7.28. The lowest BCUT2D eigenvalue weighted by atomic mass is 10.4. The maximum absolute atomic E-state index is 12.0. The van der Waals surface area contributed by atoms with Gasteiger partial charge in [-0.25, -0.2) is 8.42 Å². The second kappa shape index (κ2) is 4.97. The number of nitrogens with one attached hydrogen (secondary N) is 1. The summed E-state index contributed by atoms with van der Waals surface area (Å²) in [5.41, 5.74) is 0.308. The second-order valence-corrected chi connectivity index (χ2v) is 6.33. The molecule has 0 amide bonds. The van der Waals surface area contributed by atoms with Gasteiger partial charge in [0.15, 0.2) is 0 Å². The van der Waals surface area contributed by atoms with E-state index in [1.165, 1.54) is 17.1 Å². The molecule has 0 radical (unpaired) electrons. The van der Waals surface area contributed by atoms with Crippen LogP contribution in [0, 0.1) is 0 Å². The minimum Gasteiger partial charge on any atom is -0.480 e. The van der Waals surface area contributed by atoms with E-state index in [1.54, 1.807) is 0 Å². The highest BCUT2D eigenvalue weighted by molar-refractivity contribution is 7.93. The lowest BCUT2D eigenvalue weighted by Gasteiger charge is -2.11. The van der Waals surface area contributed by atoms with E-state index < -0.39 is 16.0 Å². The van der Waals surface area contributed by atoms with Crippen LogP contribution in [-0.2, 0) is 21.4 Å². The van der Waals surface area contributed by atoms with Gasteiger partial charge in [0.25, 0.3) is 0 Å². The van der Waals surface area contributed by atoms with E-state index in [-0.39, 0.29) is 11.8 Å². The smallest absolute Gasteiger partial charge is 0.325 e. The fourth-order valence-electron chi connectivity index (χ4n) is 2.09. The third-order valence-electron chi connectivity index (χ3n) is 2.93. The number of carboxylic acid groups (broad SMARTS) is 1. The molecule has 1 saturated carbocycles. The fraction of sp³-hybridized carbons (Fsp3) is 0.600. The summed E-state index contributed by atoms with van der Waals surface area (Å²) in [6, 6.07) is 0. The van der Waals surface area contributed by atoms with Crippen molar-refractivity contribution in [3.8, 4) is 0 Å². The Hall–Kier alpha value is -1.57. The molecule has 1 aromatic heterocycles. The van der Waals surface area contributed by atoms with E-state index in [0.29, 0.717) is 18.5 Å². The van der Waals surface area contributed by atoms with Crippen molar-refractivity contribution >= 4 is 21.7 Å². The van der Waals surface area contributed by atoms with Gasteiger partial charge in [0.2, 0.25) is 10.0 Å². The van der Waals surface area contributed by atoms with Crippen molar-refractivity contribution in [2.45, 2.75) is 37.5 Å². The number of carboxylic acids is 1.